The Morgan fingerprint density at radius 2 is 2.24 bits per heavy atom. The second-order valence-electron chi connectivity index (χ2n) is 4.27. The maximum Gasteiger partial charge on any atom is 0.168 e. The highest BCUT2D eigenvalue weighted by molar-refractivity contribution is 5.84. The molecule has 2 rings (SSSR count). The number of halogens is 2. The highest BCUT2D eigenvalue weighted by atomic mass is 19.1. The van der Waals surface area contributed by atoms with E-state index in [9.17, 15) is 13.6 Å². The molecular weight excluding hydrogens is 226 g/mol. The number of Topliss-reactive ketones (excluding diaryl/α,β-unsaturated/α-hetero) is 1. The van der Waals surface area contributed by atoms with Gasteiger partial charge >= 0.3 is 0 Å². The fraction of sp³-hybridized carbons (Fsp3) is 0.500. The van der Waals surface area contributed by atoms with Crippen LogP contribution in [0.2, 0.25) is 0 Å². The summed E-state index contributed by atoms with van der Waals surface area (Å²) in [6.45, 7) is 2.07. The lowest BCUT2D eigenvalue weighted by atomic mass is 9.99. The molecule has 1 aliphatic rings. The molecule has 0 aromatic carbocycles. The van der Waals surface area contributed by atoms with Crippen molar-refractivity contribution in [2.45, 2.75) is 32.2 Å². The number of pyridine rings is 1. The van der Waals surface area contributed by atoms with Gasteiger partial charge in [-0.2, -0.15) is 0 Å². The van der Waals surface area contributed by atoms with Crippen LogP contribution in [0.25, 0.3) is 0 Å². The smallest absolute Gasteiger partial charge is 0.168 e. The normalized spacial score (nSPS) is 20.4. The number of hydrogen-bond acceptors (Lipinski definition) is 3. The maximum atomic E-state index is 13.6. The van der Waals surface area contributed by atoms with Crippen molar-refractivity contribution in [1.82, 2.24) is 4.98 Å². The van der Waals surface area contributed by atoms with Crippen LogP contribution < -0.4 is 4.90 Å². The van der Waals surface area contributed by atoms with Gasteiger partial charge < -0.3 is 4.90 Å². The van der Waals surface area contributed by atoms with Gasteiger partial charge in [0.1, 0.15) is 5.82 Å². The highest BCUT2D eigenvalue weighted by Gasteiger charge is 2.28. The molecule has 92 valence electrons. The molecule has 0 spiro atoms. The van der Waals surface area contributed by atoms with Crippen LogP contribution in [0.4, 0.5) is 14.6 Å². The van der Waals surface area contributed by atoms with E-state index in [1.54, 1.807) is 4.90 Å². The van der Waals surface area contributed by atoms with Crippen molar-refractivity contribution in [2.75, 3.05) is 11.4 Å². The first kappa shape index (κ1) is 12.0. The van der Waals surface area contributed by atoms with E-state index in [0.29, 0.717) is 13.0 Å². The summed E-state index contributed by atoms with van der Waals surface area (Å²) < 4.78 is 26.4. The van der Waals surface area contributed by atoms with Gasteiger partial charge in [-0.25, -0.2) is 13.8 Å². The number of nitrogens with zero attached hydrogens (tertiary/aromatic N) is 2. The topological polar surface area (TPSA) is 33.2 Å². The molecule has 2 heterocycles. The minimum atomic E-state index is -0.710. The van der Waals surface area contributed by atoms with E-state index in [1.165, 1.54) is 6.92 Å². The van der Waals surface area contributed by atoms with E-state index in [-0.39, 0.29) is 17.6 Å². The molecule has 3 nitrogen and oxygen atoms in total. The van der Waals surface area contributed by atoms with Gasteiger partial charge in [0.15, 0.2) is 17.4 Å². The Balaban J connectivity index is 2.32. The minimum Gasteiger partial charge on any atom is -0.344 e. The standard InChI is InChI=1S/C12H14F2N2O/c1-8(17)11-4-2-3-5-16(11)12-10(14)6-9(13)7-15-12/h6-7,11H,2-5H2,1H3. The van der Waals surface area contributed by atoms with Gasteiger partial charge in [-0.15, -0.1) is 0 Å². The Bertz CT molecular complexity index is 437. The summed E-state index contributed by atoms with van der Waals surface area (Å²) in [5.41, 5.74) is 0. The first-order chi connectivity index (χ1) is 8.09. The molecule has 0 radical (unpaired) electrons. The minimum absolute atomic E-state index is 0.00442. The molecule has 5 heteroatoms. The molecule has 1 fully saturated rings. The van der Waals surface area contributed by atoms with Crippen molar-refractivity contribution >= 4 is 11.6 Å². The van der Waals surface area contributed by atoms with E-state index in [2.05, 4.69) is 4.98 Å². The van der Waals surface area contributed by atoms with Crippen molar-refractivity contribution < 1.29 is 13.6 Å². The van der Waals surface area contributed by atoms with Gasteiger partial charge in [0.25, 0.3) is 0 Å². The third-order valence-corrected chi connectivity index (χ3v) is 3.03. The summed E-state index contributed by atoms with van der Waals surface area (Å²) in [6, 6.07) is 0.463. The summed E-state index contributed by atoms with van der Waals surface area (Å²) in [5, 5.41) is 0. The van der Waals surface area contributed by atoms with Crippen molar-refractivity contribution in [3.8, 4) is 0 Å². The number of hydrogen-bond donors (Lipinski definition) is 0. The van der Waals surface area contributed by atoms with Gasteiger partial charge in [-0.05, 0) is 26.2 Å². The van der Waals surface area contributed by atoms with Crippen molar-refractivity contribution in [3.05, 3.63) is 23.9 Å². The van der Waals surface area contributed by atoms with Crippen LogP contribution in [0.3, 0.4) is 0 Å². The summed E-state index contributed by atoms with van der Waals surface area (Å²) in [6.07, 6.45) is 3.52. The number of carbonyl (C=O) groups is 1. The molecule has 1 unspecified atom stereocenters. The molecule has 1 aromatic rings. The zero-order chi connectivity index (χ0) is 12.4. The van der Waals surface area contributed by atoms with Gasteiger partial charge in [-0.1, -0.05) is 0 Å². The average Bonchev–Trinajstić information content (AvgIpc) is 2.29. The van der Waals surface area contributed by atoms with Crippen LogP contribution in [-0.4, -0.2) is 23.4 Å². The number of ketones is 1. The first-order valence-corrected chi connectivity index (χ1v) is 5.67. The summed E-state index contributed by atoms with van der Waals surface area (Å²) >= 11 is 0. The number of anilines is 1. The van der Waals surface area contributed by atoms with E-state index in [0.717, 1.165) is 25.1 Å². The van der Waals surface area contributed by atoms with Crippen molar-refractivity contribution in [2.24, 2.45) is 0 Å². The third-order valence-electron chi connectivity index (χ3n) is 3.03. The Labute approximate surface area is 98.5 Å². The Morgan fingerprint density at radius 1 is 1.47 bits per heavy atom. The van der Waals surface area contributed by atoms with Crippen LogP contribution in [0.1, 0.15) is 26.2 Å². The lowest BCUT2D eigenvalue weighted by molar-refractivity contribution is -0.118. The largest absolute Gasteiger partial charge is 0.344 e. The zero-order valence-corrected chi connectivity index (χ0v) is 9.62. The first-order valence-electron chi connectivity index (χ1n) is 5.67. The highest BCUT2D eigenvalue weighted by Crippen LogP contribution is 2.26. The number of carbonyl (C=O) groups excluding carboxylic acids is 1. The van der Waals surface area contributed by atoms with Gasteiger partial charge in [0.2, 0.25) is 0 Å². The monoisotopic (exact) mass is 240 g/mol. The van der Waals surface area contributed by atoms with E-state index >= 15 is 0 Å². The van der Waals surface area contributed by atoms with Crippen LogP contribution in [0, 0.1) is 11.6 Å². The number of piperidine rings is 1. The van der Waals surface area contributed by atoms with E-state index in [4.69, 9.17) is 0 Å². The van der Waals surface area contributed by atoms with Crippen molar-refractivity contribution in [1.29, 1.82) is 0 Å². The van der Waals surface area contributed by atoms with Crippen LogP contribution >= 0.6 is 0 Å². The van der Waals surface area contributed by atoms with Crippen LogP contribution in [0.5, 0.6) is 0 Å². The Hall–Kier alpha value is -1.52. The average molecular weight is 240 g/mol. The molecule has 0 saturated carbocycles. The molecule has 1 aliphatic heterocycles. The van der Waals surface area contributed by atoms with Crippen molar-refractivity contribution in [3.63, 3.8) is 0 Å². The van der Waals surface area contributed by atoms with Gasteiger partial charge in [0.05, 0.1) is 12.2 Å². The molecule has 17 heavy (non-hydrogen) atoms. The molecular formula is C12H14F2N2O. The van der Waals surface area contributed by atoms with E-state index < -0.39 is 11.6 Å². The quantitative estimate of drug-likeness (QED) is 0.795. The summed E-state index contributed by atoms with van der Waals surface area (Å²) in [5.74, 6) is -1.35. The molecule has 0 bridgehead atoms. The van der Waals surface area contributed by atoms with Crippen LogP contribution in [0.15, 0.2) is 12.3 Å². The number of aromatic nitrogens is 1. The Morgan fingerprint density at radius 3 is 2.88 bits per heavy atom. The maximum absolute atomic E-state index is 13.6. The molecule has 1 aromatic heterocycles. The number of rotatable bonds is 2. The fourth-order valence-electron chi connectivity index (χ4n) is 2.23. The SMILES string of the molecule is CC(=O)C1CCCCN1c1ncc(F)cc1F. The Kier molecular flexibility index (Phi) is 3.36. The molecule has 0 aliphatic carbocycles. The van der Waals surface area contributed by atoms with Gasteiger partial charge in [-0.3, -0.25) is 4.79 Å². The zero-order valence-electron chi connectivity index (χ0n) is 9.62. The van der Waals surface area contributed by atoms with E-state index in [1.807, 2.05) is 0 Å². The second-order valence-corrected chi connectivity index (χ2v) is 4.27. The second kappa shape index (κ2) is 4.77. The van der Waals surface area contributed by atoms with Gasteiger partial charge in [0, 0.05) is 12.6 Å². The lowest BCUT2D eigenvalue weighted by Crippen LogP contribution is -2.44. The molecule has 0 N–H and O–H groups in total. The predicted molar refractivity (Wildman–Crippen MR) is 59.8 cm³/mol. The molecule has 1 atom stereocenters. The lowest BCUT2D eigenvalue weighted by Gasteiger charge is -2.35. The fourth-order valence-corrected chi connectivity index (χ4v) is 2.23. The summed E-state index contributed by atoms with van der Waals surface area (Å²) in [7, 11) is 0. The summed E-state index contributed by atoms with van der Waals surface area (Å²) in [4.78, 5) is 16.9. The molecule has 0 amide bonds. The third kappa shape index (κ3) is 2.43. The predicted octanol–water partition coefficient (Wildman–Crippen LogP) is 2.31. The molecule has 1 saturated heterocycles. The van der Waals surface area contributed by atoms with Crippen LogP contribution in [-0.2, 0) is 4.79 Å².